The molecule has 0 bridgehead atoms. The van der Waals surface area contributed by atoms with Crippen LogP contribution in [0.5, 0.6) is 5.75 Å². The van der Waals surface area contributed by atoms with E-state index in [-0.39, 0.29) is 18.0 Å². The van der Waals surface area contributed by atoms with Gasteiger partial charge in [-0.15, -0.1) is 0 Å². The van der Waals surface area contributed by atoms with Gasteiger partial charge in [0.05, 0.1) is 6.10 Å². The Hall–Kier alpha value is -1.09. The summed E-state index contributed by atoms with van der Waals surface area (Å²) in [5, 5.41) is 9.66. The van der Waals surface area contributed by atoms with Crippen LogP contribution in [0, 0.1) is 5.82 Å². The maximum absolute atomic E-state index is 13.0. The molecule has 0 aromatic heterocycles. The zero-order valence-electron chi connectivity index (χ0n) is 10.2. The van der Waals surface area contributed by atoms with Crippen molar-refractivity contribution in [3.8, 4) is 5.75 Å². The summed E-state index contributed by atoms with van der Waals surface area (Å²) < 4.78 is 18.7. The molecular formula is C14H19FO2. The molecule has 0 spiro atoms. The van der Waals surface area contributed by atoms with Crippen molar-refractivity contribution >= 4 is 0 Å². The van der Waals surface area contributed by atoms with Gasteiger partial charge in [0.25, 0.3) is 0 Å². The molecule has 2 rings (SSSR count). The van der Waals surface area contributed by atoms with Gasteiger partial charge >= 0.3 is 0 Å². The molecule has 1 aliphatic rings. The molecule has 0 saturated carbocycles. The SMILES string of the molecule is CCCC(O)CCC1Cc2cc(F)ccc2O1. The third kappa shape index (κ3) is 3.19. The largest absolute Gasteiger partial charge is 0.490 e. The van der Waals surface area contributed by atoms with Crippen LogP contribution in [0.1, 0.15) is 38.2 Å². The summed E-state index contributed by atoms with van der Waals surface area (Å²) >= 11 is 0. The Morgan fingerprint density at radius 3 is 3.06 bits per heavy atom. The Balaban J connectivity index is 1.84. The maximum atomic E-state index is 13.0. The lowest BCUT2D eigenvalue weighted by Gasteiger charge is -2.13. The minimum atomic E-state index is -0.232. The number of aliphatic hydroxyl groups excluding tert-OH is 1. The quantitative estimate of drug-likeness (QED) is 0.854. The standard InChI is InChI=1S/C14H19FO2/c1-2-3-12(16)5-6-13-9-10-8-11(15)4-7-14(10)17-13/h4,7-8,12-13,16H,2-3,5-6,9H2,1H3. The van der Waals surface area contributed by atoms with E-state index in [1.54, 1.807) is 6.07 Å². The highest BCUT2D eigenvalue weighted by molar-refractivity contribution is 5.37. The fourth-order valence-electron chi connectivity index (χ4n) is 2.31. The second kappa shape index (κ2) is 5.50. The van der Waals surface area contributed by atoms with Crippen LogP contribution in [0.4, 0.5) is 4.39 Å². The van der Waals surface area contributed by atoms with Gasteiger partial charge in [-0.3, -0.25) is 0 Å². The summed E-state index contributed by atoms with van der Waals surface area (Å²) in [5.41, 5.74) is 0.944. The van der Waals surface area contributed by atoms with Crippen molar-refractivity contribution < 1.29 is 14.2 Å². The Bertz CT molecular complexity index is 378. The number of ether oxygens (including phenoxy) is 1. The van der Waals surface area contributed by atoms with Crippen molar-refractivity contribution in [2.75, 3.05) is 0 Å². The highest BCUT2D eigenvalue weighted by Crippen LogP contribution is 2.31. The zero-order chi connectivity index (χ0) is 12.3. The van der Waals surface area contributed by atoms with E-state index in [0.29, 0.717) is 0 Å². The lowest BCUT2D eigenvalue weighted by Crippen LogP contribution is -2.16. The molecule has 1 heterocycles. The van der Waals surface area contributed by atoms with E-state index in [9.17, 15) is 9.50 Å². The van der Waals surface area contributed by atoms with Gasteiger partial charge in [-0.2, -0.15) is 0 Å². The van der Waals surface area contributed by atoms with Gasteiger partial charge in [0.1, 0.15) is 17.7 Å². The smallest absolute Gasteiger partial charge is 0.123 e. The van der Waals surface area contributed by atoms with Crippen molar-refractivity contribution in [3.63, 3.8) is 0 Å². The first-order chi connectivity index (χ1) is 8.19. The number of halogens is 1. The molecule has 1 aromatic carbocycles. The number of aliphatic hydroxyl groups is 1. The third-order valence-corrected chi connectivity index (χ3v) is 3.21. The van der Waals surface area contributed by atoms with Crippen LogP contribution in [0.15, 0.2) is 18.2 Å². The van der Waals surface area contributed by atoms with E-state index in [1.165, 1.54) is 12.1 Å². The predicted octanol–water partition coefficient (Wildman–Crippen LogP) is 3.07. The van der Waals surface area contributed by atoms with E-state index in [2.05, 4.69) is 6.92 Å². The third-order valence-electron chi connectivity index (χ3n) is 3.21. The van der Waals surface area contributed by atoms with Gasteiger partial charge in [0.15, 0.2) is 0 Å². The van der Waals surface area contributed by atoms with Crippen LogP contribution in [0.25, 0.3) is 0 Å². The van der Waals surface area contributed by atoms with E-state index < -0.39 is 0 Å². The molecule has 2 atom stereocenters. The number of hydrogen-bond acceptors (Lipinski definition) is 2. The highest BCUT2D eigenvalue weighted by atomic mass is 19.1. The van der Waals surface area contributed by atoms with Gasteiger partial charge < -0.3 is 9.84 Å². The highest BCUT2D eigenvalue weighted by Gasteiger charge is 2.23. The van der Waals surface area contributed by atoms with Crippen molar-refractivity contribution in [1.82, 2.24) is 0 Å². The Kier molecular flexibility index (Phi) is 4.00. The van der Waals surface area contributed by atoms with Gasteiger partial charge in [0, 0.05) is 12.0 Å². The molecule has 3 heteroatoms. The molecule has 0 saturated heterocycles. The first-order valence-corrected chi connectivity index (χ1v) is 6.32. The van der Waals surface area contributed by atoms with Crippen LogP contribution in [0.2, 0.25) is 0 Å². The Morgan fingerprint density at radius 2 is 2.29 bits per heavy atom. The summed E-state index contributed by atoms with van der Waals surface area (Å²) in [6.07, 6.45) is 4.05. The lowest BCUT2D eigenvalue weighted by molar-refractivity contribution is 0.126. The summed E-state index contributed by atoms with van der Waals surface area (Å²) in [5.74, 6) is 0.584. The number of hydrogen-bond donors (Lipinski definition) is 1. The average molecular weight is 238 g/mol. The molecule has 0 fully saturated rings. The summed E-state index contributed by atoms with van der Waals surface area (Å²) in [4.78, 5) is 0. The van der Waals surface area contributed by atoms with Crippen LogP contribution in [0.3, 0.4) is 0 Å². The van der Waals surface area contributed by atoms with Gasteiger partial charge in [-0.1, -0.05) is 13.3 Å². The monoisotopic (exact) mass is 238 g/mol. The molecule has 1 N–H and O–H groups in total. The Morgan fingerprint density at radius 1 is 1.47 bits per heavy atom. The minimum absolute atomic E-state index is 0.0957. The molecule has 1 aromatic rings. The van der Waals surface area contributed by atoms with Gasteiger partial charge in [-0.25, -0.2) is 4.39 Å². The topological polar surface area (TPSA) is 29.5 Å². The number of fused-ring (bicyclic) bond motifs is 1. The number of benzene rings is 1. The molecule has 0 radical (unpaired) electrons. The van der Waals surface area contributed by atoms with Crippen LogP contribution in [-0.4, -0.2) is 17.3 Å². The minimum Gasteiger partial charge on any atom is -0.490 e. The van der Waals surface area contributed by atoms with Crippen LogP contribution < -0.4 is 4.74 Å². The van der Waals surface area contributed by atoms with Crippen LogP contribution in [-0.2, 0) is 6.42 Å². The van der Waals surface area contributed by atoms with E-state index in [1.807, 2.05) is 0 Å². The van der Waals surface area contributed by atoms with Crippen LogP contribution >= 0.6 is 0 Å². The zero-order valence-corrected chi connectivity index (χ0v) is 10.2. The molecular weight excluding hydrogens is 219 g/mol. The normalized spacial score (nSPS) is 19.8. The molecule has 2 unspecified atom stereocenters. The first-order valence-electron chi connectivity index (χ1n) is 6.32. The second-order valence-electron chi connectivity index (χ2n) is 4.72. The van der Waals surface area contributed by atoms with Crippen molar-refractivity contribution in [3.05, 3.63) is 29.6 Å². The first kappa shape index (κ1) is 12.4. The van der Waals surface area contributed by atoms with Crippen molar-refractivity contribution in [1.29, 1.82) is 0 Å². The molecule has 17 heavy (non-hydrogen) atoms. The molecule has 1 aliphatic heterocycles. The molecule has 94 valence electrons. The fraction of sp³-hybridized carbons (Fsp3) is 0.571. The van der Waals surface area contributed by atoms with Gasteiger partial charge in [-0.05, 0) is 37.5 Å². The lowest BCUT2D eigenvalue weighted by atomic mass is 10.0. The number of rotatable bonds is 5. The van der Waals surface area contributed by atoms with Gasteiger partial charge in [0.2, 0.25) is 0 Å². The predicted molar refractivity (Wildman–Crippen MR) is 64.7 cm³/mol. The molecule has 2 nitrogen and oxygen atoms in total. The Labute approximate surface area is 101 Å². The van der Waals surface area contributed by atoms with Crippen molar-refractivity contribution in [2.45, 2.75) is 51.2 Å². The fourth-order valence-corrected chi connectivity index (χ4v) is 2.31. The summed E-state index contributed by atoms with van der Waals surface area (Å²) in [6.45, 7) is 2.06. The summed E-state index contributed by atoms with van der Waals surface area (Å²) in [6, 6.07) is 4.65. The molecule has 0 amide bonds. The second-order valence-corrected chi connectivity index (χ2v) is 4.72. The summed E-state index contributed by atoms with van der Waals surface area (Å²) in [7, 11) is 0. The van der Waals surface area contributed by atoms with Crippen molar-refractivity contribution in [2.24, 2.45) is 0 Å². The maximum Gasteiger partial charge on any atom is 0.123 e. The van der Waals surface area contributed by atoms with E-state index in [4.69, 9.17) is 4.74 Å². The van der Waals surface area contributed by atoms with E-state index in [0.717, 1.165) is 43.4 Å². The van der Waals surface area contributed by atoms with E-state index >= 15 is 0 Å². The average Bonchev–Trinajstić information content (AvgIpc) is 2.68. The molecule has 0 aliphatic carbocycles.